The Labute approximate surface area is 141 Å². The van der Waals surface area contributed by atoms with Gasteiger partial charge in [0.2, 0.25) is 5.95 Å². The first kappa shape index (κ1) is 14.8. The van der Waals surface area contributed by atoms with Gasteiger partial charge in [0.05, 0.1) is 5.69 Å². The molecule has 0 atom stereocenters. The molecule has 0 unspecified atom stereocenters. The zero-order valence-corrected chi connectivity index (χ0v) is 13.8. The molecule has 0 saturated heterocycles. The van der Waals surface area contributed by atoms with Crippen LogP contribution in [0.25, 0.3) is 0 Å². The predicted molar refractivity (Wildman–Crippen MR) is 96.1 cm³/mol. The van der Waals surface area contributed by atoms with E-state index < -0.39 is 3.42 Å². The van der Waals surface area contributed by atoms with Crippen LogP contribution in [0.1, 0.15) is 16.8 Å². The van der Waals surface area contributed by atoms with Crippen molar-refractivity contribution in [2.45, 2.75) is 3.42 Å². The lowest BCUT2D eigenvalue weighted by Crippen LogP contribution is -2.26. The van der Waals surface area contributed by atoms with Crippen LogP contribution in [0.3, 0.4) is 0 Å². The van der Waals surface area contributed by atoms with Crippen LogP contribution in [0.4, 0.5) is 5.95 Å². The molecule has 0 bridgehead atoms. The molecule has 0 aliphatic carbocycles. The third kappa shape index (κ3) is 2.64. The summed E-state index contributed by atoms with van der Waals surface area (Å²) in [7, 11) is 0. The lowest BCUT2D eigenvalue weighted by Gasteiger charge is -2.28. The van der Waals surface area contributed by atoms with E-state index in [9.17, 15) is 4.79 Å². The smallest absolute Gasteiger partial charge is 0.252 e. The van der Waals surface area contributed by atoms with Crippen molar-refractivity contribution in [1.29, 1.82) is 0 Å². The molecule has 3 aromatic rings. The number of hydrogen-bond donors (Lipinski definition) is 2. The average molecular weight is 403 g/mol. The Balaban J connectivity index is 2.31. The molecule has 1 heterocycles. The number of benzene rings is 2. The SMILES string of the molecule is Nc1nc(C(I)(c2ccccc2)c2ccccc2)cc(=O)[nH]1. The Morgan fingerprint density at radius 2 is 1.45 bits per heavy atom. The topological polar surface area (TPSA) is 71.8 Å². The molecule has 22 heavy (non-hydrogen) atoms. The molecule has 0 radical (unpaired) electrons. The highest BCUT2D eigenvalue weighted by molar-refractivity contribution is 14.1. The molecule has 5 heteroatoms. The molecule has 0 saturated carbocycles. The standard InChI is InChI=1S/C17H14IN3O/c18-17(12-7-3-1-4-8-12,13-9-5-2-6-10-13)14-11-15(22)21-16(19)20-14/h1-11H,(H3,19,20,21,22). The van der Waals surface area contributed by atoms with E-state index in [0.29, 0.717) is 5.69 Å². The van der Waals surface area contributed by atoms with E-state index in [-0.39, 0.29) is 11.5 Å². The molecule has 3 N–H and O–H groups in total. The molecule has 0 fully saturated rings. The predicted octanol–water partition coefficient (Wildman–Crippen LogP) is 3.08. The monoisotopic (exact) mass is 403 g/mol. The van der Waals surface area contributed by atoms with Crippen molar-refractivity contribution < 1.29 is 0 Å². The molecular formula is C17H14IN3O. The van der Waals surface area contributed by atoms with Gasteiger partial charge in [-0.2, -0.15) is 0 Å². The number of H-pyrrole nitrogens is 1. The Hall–Kier alpha value is -2.15. The zero-order chi connectivity index (χ0) is 15.6. The van der Waals surface area contributed by atoms with Crippen LogP contribution in [-0.2, 0) is 3.42 Å². The van der Waals surface area contributed by atoms with E-state index in [4.69, 9.17) is 5.73 Å². The van der Waals surface area contributed by atoms with Gasteiger partial charge in [0.25, 0.3) is 5.56 Å². The van der Waals surface area contributed by atoms with E-state index in [1.165, 1.54) is 6.07 Å². The summed E-state index contributed by atoms with van der Waals surface area (Å²) < 4.78 is -0.581. The number of anilines is 1. The van der Waals surface area contributed by atoms with E-state index in [1.807, 2.05) is 60.7 Å². The lowest BCUT2D eigenvalue weighted by molar-refractivity contribution is 0.871. The number of alkyl halides is 1. The van der Waals surface area contributed by atoms with Gasteiger partial charge in [-0.15, -0.1) is 0 Å². The first-order valence-corrected chi connectivity index (χ1v) is 7.86. The summed E-state index contributed by atoms with van der Waals surface area (Å²) >= 11 is 2.33. The minimum absolute atomic E-state index is 0.121. The molecule has 0 aliphatic heterocycles. The van der Waals surface area contributed by atoms with E-state index in [2.05, 4.69) is 32.6 Å². The van der Waals surface area contributed by atoms with Gasteiger partial charge in [-0.1, -0.05) is 83.3 Å². The summed E-state index contributed by atoms with van der Waals surface area (Å²) in [6, 6.07) is 21.4. The van der Waals surface area contributed by atoms with Crippen molar-refractivity contribution in [3.8, 4) is 0 Å². The molecule has 110 valence electrons. The second-order valence-corrected chi connectivity index (χ2v) is 6.52. The van der Waals surface area contributed by atoms with Crippen LogP contribution in [0.5, 0.6) is 0 Å². The fourth-order valence-corrected chi connectivity index (χ4v) is 3.45. The number of aromatic amines is 1. The number of nitrogens with zero attached hydrogens (tertiary/aromatic N) is 1. The van der Waals surface area contributed by atoms with Crippen molar-refractivity contribution in [2.75, 3.05) is 5.73 Å². The van der Waals surface area contributed by atoms with Gasteiger partial charge in [-0.3, -0.25) is 9.78 Å². The third-order valence-electron chi connectivity index (χ3n) is 3.46. The summed E-state index contributed by atoms with van der Waals surface area (Å²) in [5.41, 5.74) is 8.19. The molecular weight excluding hydrogens is 389 g/mol. The summed E-state index contributed by atoms with van der Waals surface area (Å²) in [4.78, 5) is 18.7. The minimum Gasteiger partial charge on any atom is -0.369 e. The maximum Gasteiger partial charge on any atom is 0.252 e. The number of aromatic nitrogens is 2. The van der Waals surface area contributed by atoms with Crippen molar-refractivity contribution in [1.82, 2.24) is 9.97 Å². The summed E-state index contributed by atoms with van der Waals surface area (Å²) in [5.74, 6) is 0.121. The molecule has 0 aliphatic rings. The fraction of sp³-hybridized carbons (Fsp3) is 0.0588. The van der Waals surface area contributed by atoms with E-state index >= 15 is 0 Å². The van der Waals surface area contributed by atoms with Gasteiger partial charge >= 0.3 is 0 Å². The Kier molecular flexibility index (Phi) is 3.98. The van der Waals surface area contributed by atoms with Crippen molar-refractivity contribution >= 4 is 28.5 Å². The first-order valence-electron chi connectivity index (χ1n) is 6.78. The average Bonchev–Trinajstić information content (AvgIpc) is 2.55. The number of halogens is 1. The maximum atomic E-state index is 11.8. The van der Waals surface area contributed by atoms with Gasteiger partial charge < -0.3 is 5.73 Å². The number of nitrogens with one attached hydrogen (secondary N) is 1. The van der Waals surface area contributed by atoms with Gasteiger partial charge in [-0.05, 0) is 11.1 Å². The lowest BCUT2D eigenvalue weighted by atomic mass is 9.88. The van der Waals surface area contributed by atoms with Crippen LogP contribution in [0, 0.1) is 0 Å². The molecule has 2 aromatic carbocycles. The first-order chi connectivity index (χ1) is 10.6. The van der Waals surface area contributed by atoms with Crippen molar-refractivity contribution in [3.63, 3.8) is 0 Å². The van der Waals surface area contributed by atoms with Crippen LogP contribution in [0.2, 0.25) is 0 Å². The Bertz CT molecular complexity index is 792. The van der Waals surface area contributed by atoms with Crippen LogP contribution in [-0.4, -0.2) is 9.97 Å². The molecule has 0 spiro atoms. The summed E-state index contributed by atoms with van der Waals surface area (Å²) in [6.45, 7) is 0. The van der Waals surface area contributed by atoms with Gasteiger partial charge in [0.1, 0.15) is 3.42 Å². The number of nitrogens with two attached hydrogens (primary N) is 1. The fourth-order valence-electron chi connectivity index (χ4n) is 2.45. The Morgan fingerprint density at radius 1 is 0.955 bits per heavy atom. The van der Waals surface area contributed by atoms with Gasteiger partial charge in [0.15, 0.2) is 0 Å². The minimum atomic E-state index is -0.581. The van der Waals surface area contributed by atoms with E-state index in [1.54, 1.807) is 0 Å². The van der Waals surface area contributed by atoms with Crippen LogP contribution >= 0.6 is 22.6 Å². The molecule has 4 nitrogen and oxygen atoms in total. The second kappa shape index (κ2) is 5.92. The highest BCUT2D eigenvalue weighted by Crippen LogP contribution is 2.43. The number of nitrogen functional groups attached to an aromatic ring is 1. The maximum absolute atomic E-state index is 11.8. The van der Waals surface area contributed by atoms with Crippen LogP contribution in [0.15, 0.2) is 71.5 Å². The van der Waals surface area contributed by atoms with Crippen molar-refractivity contribution in [2.24, 2.45) is 0 Å². The zero-order valence-electron chi connectivity index (χ0n) is 11.7. The molecule has 0 amide bonds. The summed E-state index contributed by atoms with van der Waals surface area (Å²) in [5, 5.41) is 0. The highest BCUT2D eigenvalue weighted by atomic mass is 127. The number of rotatable bonds is 3. The van der Waals surface area contributed by atoms with Gasteiger partial charge in [0, 0.05) is 6.07 Å². The third-order valence-corrected chi connectivity index (χ3v) is 5.25. The van der Waals surface area contributed by atoms with Crippen LogP contribution < -0.4 is 11.3 Å². The Morgan fingerprint density at radius 3 is 1.91 bits per heavy atom. The van der Waals surface area contributed by atoms with Gasteiger partial charge in [-0.25, -0.2) is 4.98 Å². The molecule has 1 aromatic heterocycles. The largest absolute Gasteiger partial charge is 0.369 e. The van der Waals surface area contributed by atoms with Crippen molar-refractivity contribution in [3.05, 3.63) is 93.9 Å². The normalized spacial score (nSPS) is 11.3. The summed E-state index contributed by atoms with van der Waals surface area (Å²) in [6.07, 6.45) is 0. The quantitative estimate of drug-likeness (QED) is 0.522. The number of hydrogen-bond acceptors (Lipinski definition) is 3. The second-order valence-electron chi connectivity index (χ2n) is 4.91. The molecule has 3 rings (SSSR count). The van der Waals surface area contributed by atoms with E-state index in [0.717, 1.165) is 11.1 Å². The highest BCUT2D eigenvalue weighted by Gasteiger charge is 2.35.